The molecule has 2 aliphatic heterocycles. The summed E-state index contributed by atoms with van der Waals surface area (Å²) < 4.78 is 24.8. The topological polar surface area (TPSA) is 188 Å². The van der Waals surface area contributed by atoms with E-state index in [-0.39, 0.29) is 45.9 Å². The number of carboxylic acid groups (broad SMARTS) is 1. The minimum Gasteiger partial charge on any atom is -0.478 e. The van der Waals surface area contributed by atoms with Crippen LogP contribution in [0, 0.1) is 0 Å². The van der Waals surface area contributed by atoms with Gasteiger partial charge in [-0.05, 0) is 6.42 Å². The minimum atomic E-state index is -2.80. The summed E-state index contributed by atoms with van der Waals surface area (Å²) in [5.41, 5.74) is 4.83. The second-order valence-electron chi connectivity index (χ2n) is 7.47. The average Bonchev–Trinajstić information content (AvgIpc) is 3.35. The predicted octanol–water partition coefficient (Wildman–Crippen LogP) is 0.489. The van der Waals surface area contributed by atoms with Gasteiger partial charge in [0.15, 0.2) is 0 Å². The molecule has 1 aromatic rings. The molecule has 0 radical (unpaired) electrons. The first-order chi connectivity index (χ1) is 16.0. The molecule has 0 aliphatic carbocycles. The number of likely N-dealkylation sites (tertiary alicyclic amines) is 1. The number of carbonyl (C=O) groups is 3. The van der Waals surface area contributed by atoms with Gasteiger partial charge in [0.1, 0.15) is 34.2 Å². The Morgan fingerprint density at radius 2 is 2.00 bits per heavy atom. The third kappa shape index (κ3) is 5.41. The van der Waals surface area contributed by atoms with Gasteiger partial charge in [0.25, 0.3) is 18.2 Å². The van der Waals surface area contributed by atoms with Crippen molar-refractivity contribution in [2.45, 2.75) is 31.4 Å². The van der Waals surface area contributed by atoms with Crippen molar-refractivity contribution in [2.24, 2.45) is 10.9 Å². The van der Waals surface area contributed by atoms with E-state index in [1.54, 1.807) is 4.90 Å². The van der Waals surface area contributed by atoms with Crippen molar-refractivity contribution < 1.29 is 33.1 Å². The molecule has 2 atom stereocenters. The van der Waals surface area contributed by atoms with Gasteiger partial charge >= 0.3 is 5.97 Å². The Kier molecular flexibility index (Phi) is 7.97. The maximum absolute atomic E-state index is 12.6. The van der Waals surface area contributed by atoms with E-state index >= 15 is 0 Å². The zero-order valence-electron chi connectivity index (χ0n) is 17.4. The van der Waals surface area contributed by atoms with Crippen LogP contribution in [-0.4, -0.2) is 76.8 Å². The van der Waals surface area contributed by atoms with Gasteiger partial charge in [-0.15, -0.1) is 0 Å². The number of hydrogen-bond donors (Lipinski definition) is 6. The van der Waals surface area contributed by atoms with Crippen LogP contribution in [0.15, 0.2) is 16.3 Å². The number of hydrogen-bond acceptors (Lipinski definition) is 8. The Hall–Kier alpha value is -2.94. The molecule has 8 N–H and O–H groups in total. The van der Waals surface area contributed by atoms with Gasteiger partial charge in [0, 0.05) is 19.5 Å². The fourth-order valence-corrected chi connectivity index (χ4v) is 3.98. The van der Waals surface area contributed by atoms with Crippen molar-refractivity contribution in [2.75, 3.05) is 25.4 Å². The number of carbonyl (C=O) groups excluding carboxylic acids is 2. The van der Waals surface area contributed by atoms with Crippen LogP contribution >= 0.6 is 23.2 Å². The number of amidine groups is 1. The van der Waals surface area contributed by atoms with Gasteiger partial charge in [-0.3, -0.25) is 14.4 Å². The molecule has 2 unspecified atom stereocenters. The summed E-state index contributed by atoms with van der Waals surface area (Å²) in [5.74, 6) is 2.69. The van der Waals surface area contributed by atoms with E-state index < -0.39 is 48.6 Å². The number of alkyl halides is 2. The molecule has 3 rings (SSSR count). The highest BCUT2D eigenvalue weighted by atomic mass is 35.5. The molecule has 2 amide bonds. The zero-order valence-corrected chi connectivity index (χ0v) is 18.9. The summed E-state index contributed by atoms with van der Waals surface area (Å²) in [5, 5.41) is 14.1. The number of aromatic amines is 1. The molecule has 16 heteroatoms. The van der Waals surface area contributed by atoms with Crippen LogP contribution in [0.3, 0.4) is 0 Å². The lowest BCUT2D eigenvalue weighted by molar-refractivity contribution is -0.133. The van der Waals surface area contributed by atoms with Crippen LogP contribution in [0.1, 0.15) is 23.3 Å². The maximum atomic E-state index is 12.6. The van der Waals surface area contributed by atoms with Crippen molar-refractivity contribution in [1.29, 1.82) is 0 Å². The van der Waals surface area contributed by atoms with Crippen molar-refractivity contribution in [1.82, 2.24) is 20.5 Å². The standard InChI is InChI=1S/C18H21Cl2F2N7O5/c19-11-12(20)15(23)28-14(11)17(31)26-7-1-2-29(5-8(7)34-24)10-3-6(18(32)33)13(27-10)16(30)25-4-9(21)22/h7-9,28H,1-5,23-24H2,(H,25,30)(H,26,31)(H,32,33). The van der Waals surface area contributed by atoms with E-state index in [9.17, 15) is 28.3 Å². The van der Waals surface area contributed by atoms with Crippen LogP contribution in [0.2, 0.25) is 10.0 Å². The lowest BCUT2D eigenvalue weighted by Crippen LogP contribution is -2.57. The number of piperidine rings is 1. The summed E-state index contributed by atoms with van der Waals surface area (Å²) in [6, 6.07) is -0.559. The van der Waals surface area contributed by atoms with Gasteiger partial charge < -0.3 is 31.4 Å². The van der Waals surface area contributed by atoms with Crippen molar-refractivity contribution >= 4 is 52.6 Å². The number of H-pyrrole nitrogens is 1. The molecular weight excluding hydrogens is 503 g/mol. The largest absolute Gasteiger partial charge is 0.478 e. The molecule has 0 bridgehead atoms. The van der Waals surface area contributed by atoms with E-state index in [4.69, 9.17) is 39.7 Å². The van der Waals surface area contributed by atoms with Gasteiger partial charge in [0.2, 0.25) is 0 Å². The summed E-state index contributed by atoms with van der Waals surface area (Å²) in [6.07, 6.45) is -3.43. The minimum absolute atomic E-state index is 0.0163. The van der Waals surface area contributed by atoms with E-state index in [1.807, 2.05) is 5.32 Å². The third-order valence-electron chi connectivity index (χ3n) is 5.30. The van der Waals surface area contributed by atoms with Crippen LogP contribution < -0.4 is 22.3 Å². The molecule has 0 aromatic carbocycles. The number of aromatic nitrogens is 1. The fraction of sp³-hybridized carbons (Fsp3) is 0.444. The number of carboxylic acids is 1. The quantitative estimate of drug-likeness (QED) is 0.278. The van der Waals surface area contributed by atoms with Crippen molar-refractivity contribution in [3.05, 3.63) is 27.0 Å². The number of aliphatic imine (C=N–C) groups is 1. The number of anilines is 1. The normalized spacial score (nSPS) is 20.5. The second kappa shape index (κ2) is 10.5. The van der Waals surface area contributed by atoms with E-state index in [2.05, 4.69) is 15.3 Å². The SMILES string of the molecule is NOC1CN(C2=NC(C(=O)NCC(F)F)=C(C(=O)O)C2)CCC1NC(=O)c1[nH]c(N)c(Cl)c1Cl. The van der Waals surface area contributed by atoms with Gasteiger partial charge in [0.05, 0.1) is 23.2 Å². The summed E-state index contributed by atoms with van der Waals surface area (Å²) in [6.45, 7) is -0.541. The molecule has 1 aromatic heterocycles. The van der Waals surface area contributed by atoms with Crippen LogP contribution in [-0.2, 0) is 14.4 Å². The first kappa shape index (κ1) is 25.7. The number of rotatable bonds is 7. The Morgan fingerprint density at radius 1 is 1.29 bits per heavy atom. The summed E-state index contributed by atoms with van der Waals surface area (Å²) in [7, 11) is 0. The molecule has 12 nitrogen and oxygen atoms in total. The third-order valence-corrected chi connectivity index (χ3v) is 6.17. The van der Waals surface area contributed by atoms with Crippen molar-refractivity contribution in [3.8, 4) is 0 Å². The molecular formula is C18H21Cl2F2N7O5. The van der Waals surface area contributed by atoms with Crippen LogP contribution in [0.4, 0.5) is 14.6 Å². The number of nitrogens with one attached hydrogen (secondary N) is 3. The van der Waals surface area contributed by atoms with Gasteiger partial charge in [-0.25, -0.2) is 24.5 Å². The van der Waals surface area contributed by atoms with Crippen LogP contribution in [0.25, 0.3) is 0 Å². The summed E-state index contributed by atoms with van der Waals surface area (Å²) in [4.78, 5) is 49.6. The van der Waals surface area contributed by atoms with Crippen molar-refractivity contribution in [3.63, 3.8) is 0 Å². The Morgan fingerprint density at radius 3 is 2.56 bits per heavy atom. The summed E-state index contributed by atoms with van der Waals surface area (Å²) >= 11 is 11.9. The lowest BCUT2D eigenvalue weighted by atomic mass is 10.0. The zero-order chi connectivity index (χ0) is 25.2. The number of aliphatic carboxylic acids is 1. The first-order valence-corrected chi connectivity index (χ1v) is 10.6. The second-order valence-corrected chi connectivity index (χ2v) is 8.22. The van der Waals surface area contributed by atoms with Gasteiger partial charge in [-0.1, -0.05) is 23.2 Å². The molecule has 34 heavy (non-hydrogen) atoms. The smallest absolute Gasteiger partial charge is 0.334 e. The highest BCUT2D eigenvalue weighted by molar-refractivity contribution is 6.45. The Labute approximate surface area is 201 Å². The highest BCUT2D eigenvalue weighted by Gasteiger charge is 2.37. The van der Waals surface area contributed by atoms with Gasteiger partial charge in [-0.2, -0.15) is 0 Å². The number of halogens is 4. The Balaban J connectivity index is 1.69. The first-order valence-electron chi connectivity index (χ1n) is 9.87. The molecule has 0 saturated carbocycles. The Bertz CT molecular complexity index is 1060. The number of amides is 2. The highest BCUT2D eigenvalue weighted by Crippen LogP contribution is 2.31. The van der Waals surface area contributed by atoms with E-state index in [0.717, 1.165) is 0 Å². The molecule has 0 spiro atoms. The van der Waals surface area contributed by atoms with Crippen LogP contribution in [0.5, 0.6) is 0 Å². The van der Waals surface area contributed by atoms with E-state index in [1.165, 1.54) is 0 Å². The monoisotopic (exact) mass is 523 g/mol. The molecule has 186 valence electrons. The molecule has 1 saturated heterocycles. The number of nitrogens with two attached hydrogens (primary N) is 2. The average molecular weight is 524 g/mol. The molecule has 3 heterocycles. The lowest BCUT2D eigenvalue weighted by Gasteiger charge is -2.38. The predicted molar refractivity (Wildman–Crippen MR) is 117 cm³/mol. The molecule has 1 fully saturated rings. The number of nitrogens with zero attached hydrogens (tertiary/aromatic N) is 2. The molecule has 2 aliphatic rings. The maximum Gasteiger partial charge on any atom is 0.334 e. The fourth-order valence-electron chi connectivity index (χ4n) is 3.60. The van der Waals surface area contributed by atoms with E-state index in [0.29, 0.717) is 13.0 Å². The number of nitrogen functional groups attached to an aromatic ring is 1.